The third kappa shape index (κ3) is 8.71. The lowest BCUT2D eigenvalue weighted by Gasteiger charge is -2.28. The fourth-order valence-corrected chi connectivity index (χ4v) is 5.90. The number of nitrogens with zero attached hydrogens (tertiary/aromatic N) is 1. The number of halogens is 6. The minimum absolute atomic E-state index is 0.146. The molecule has 0 bridgehead atoms. The number of alkyl halides is 5. The maximum atomic E-state index is 13.0. The second-order valence-electron chi connectivity index (χ2n) is 10.0. The molecule has 43 heavy (non-hydrogen) atoms. The van der Waals surface area contributed by atoms with Crippen LogP contribution in [0.15, 0.2) is 65.7 Å². The number of fused-ring (bicyclic) bond motifs is 1. The summed E-state index contributed by atoms with van der Waals surface area (Å²) < 4.78 is 100.0. The fourth-order valence-electron chi connectivity index (χ4n) is 4.18. The van der Waals surface area contributed by atoms with Gasteiger partial charge in [0.15, 0.2) is 0 Å². The molecule has 0 spiro atoms. The van der Waals surface area contributed by atoms with Crippen molar-refractivity contribution in [3.8, 4) is 11.5 Å². The number of nitrogens with two attached hydrogens (primary N) is 1. The first-order valence-electron chi connectivity index (χ1n) is 12.4. The summed E-state index contributed by atoms with van der Waals surface area (Å²) >= 11 is 7.73. The van der Waals surface area contributed by atoms with E-state index in [4.69, 9.17) is 22.1 Å². The predicted octanol–water partition coefficient (Wildman–Crippen LogP) is 7.83. The van der Waals surface area contributed by atoms with Crippen LogP contribution < -0.4 is 19.9 Å². The lowest BCUT2D eigenvalue weighted by molar-refractivity contribution is -0.274. The summed E-state index contributed by atoms with van der Waals surface area (Å²) in [5.41, 5.74) is 6.83. The second kappa shape index (κ2) is 12.2. The third-order valence-electron chi connectivity index (χ3n) is 6.14. The molecule has 15 heteroatoms. The zero-order chi connectivity index (χ0) is 31.7. The molecule has 0 aliphatic rings. The van der Waals surface area contributed by atoms with Crippen LogP contribution in [0.4, 0.5) is 33.3 Å². The lowest BCUT2D eigenvalue weighted by atomic mass is 9.78. The molecule has 3 N–H and O–H groups in total. The topological polar surface area (TPSA) is 103 Å². The Balaban J connectivity index is 1.70. The molecule has 1 heterocycles. The van der Waals surface area contributed by atoms with E-state index in [0.717, 1.165) is 28.5 Å². The maximum absolute atomic E-state index is 13.0. The number of benzene rings is 3. The summed E-state index contributed by atoms with van der Waals surface area (Å²) in [6, 6.07) is 15.0. The Hall–Kier alpha value is -3.62. The smallest absolute Gasteiger partial charge is 0.487 e. The van der Waals surface area contributed by atoms with Gasteiger partial charge in [-0.05, 0) is 71.1 Å². The zero-order valence-corrected chi connectivity index (χ0v) is 25.2. The number of hydrogen-bond donors (Lipinski definition) is 2. The molecule has 0 aliphatic heterocycles. The Morgan fingerprint density at radius 3 is 2.35 bits per heavy atom. The van der Waals surface area contributed by atoms with Gasteiger partial charge >= 0.3 is 6.36 Å². The quantitative estimate of drug-likeness (QED) is 0.102. The molecule has 0 atom stereocenters. The lowest BCUT2D eigenvalue weighted by Crippen LogP contribution is -2.21. The monoisotopic (exact) mass is 661 g/mol. The highest BCUT2D eigenvalue weighted by molar-refractivity contribution is 7.92. The number of aliphatic imine (C=N–C) groups is 1. The standard InChI is InChI=1S/C28H25ClF5N3O4S2/c1-27(2,17-10-21(40-14-25(30)31)13-22(11-17)41-28(32,33)34)16-8-18(29)12-20(9-16)36-26(35)24-7-15-6-19(37-43(3,38)39)4-5-23(15)42-24/h4-13,25,37H,14H2,1-3H3,(H2,35,36). The number of sulfonamides is 1. The Morgan fingerprint density at radius 1 is 1.02 bits per heavy atom. The molecule has 0 saturated carbocycles. The summed E-state index contributed by atoms with van der Waals surface area (Å²) in [4.78, 5) is 5.10. The van der Waals surface area contributed by atoms with Gasteiger partial charge in [0, 0.05) is 26.9 Å². The van der Waals surface area contributed by atoms with Gasteiger partial charge in [-0.3, -0.25) is 4.72 Å². The van der Waals surface area contributed by atoms with Crippen LogP contribution in [0.25, 0.3) is 10.1 Å². The second-order valence-corrected chi connectivity index (χ2v) is 13.3. The molecule has 0 aliphatic carbocycles. The maximum Gasteiger partial charge on any atom is 0.573 e. The van der Waals surface area contributed by atoms with Crippen LogP contribution >= 0.6 is 22.9 Å². The average Bonchev–Trinajstić information content (AvgIpc) is 3.29. The first-order valence-corrected chi connectivity index (χ1v) is 15.5. The van der Waals surface area contributed by atoms with Gasteiger partial charge in [0.1, 0.15) is 23.9 Å². The normalized spacial score (nSPS) is 13.0. The van der Waals surface area contributed by atoms with Crippen molar-refractivity contribution >= 4 is 60.3 Å². The molecule has 4 rings (SSSR count). The molecule has 0 radical (unpaired) electrons. The predicted molar refractivity (Wildman–Crippen MR) is 159 cm³/mol. The van der Waals surface area contributed by atoms with Crippen molar-refractivity contribution in [1.82, 2.24) is 0 Å². The van der Waals surface area contributed by atoms with Gasteiger partial charge in [0.05, 0.1) is 16.8 Å². The first kappa shape index (κ1) is 32.3. The Labute approximate surface area is 253 Å². The Bertz CT molecular complexity index is 1790. The highest BCUT2D eigenvalue weighted by Crippen LogP contribution is 2.40. The van der Waals surface area contributed by atoms with Crippen molar-refractivity contribution < 1.29 is 39.8 Å². The van der Waals surface area contributed by atoms with Gasteiger partial charge in [-0.1, -0.05) is 25.4 Å². The molecular formula is C28H25ClF5N3O4S2. The molecule has 0 fully saturated rings. The minimum Gasteiger partial charge on any atom is -0.487 e. The van der Waals surface area contributed by atoms with Crippen LogP contribution in [0.5, 0.6) is 11.5 Å². The Kier molecular flexibility index (Phi) is 9.14. The highest BCUT2D eigenvalue weighted by atomic mass is 35.5. The summed E-state index contributed by atoms with van der Waals surface area (Å²) in [5.74, 6) is -0.714. The van der Waals surface area contributed by atoms with E-state index < -0.39 is 40.6 Å². The van der Waals surface area contributed by atoms with Crippen LogP contribution in [0.1, 0.15) is 29.9 Å². The van der Waals surface area contributed by atoms with E-state index in [1.165, 1.54) is 17.4 Å². The number of amidine groups is 1. The van der Waals surface area contributed by atoms with E-state index in [9.17, 15) is 30.4 Å². The summed E-state index contributed by atoms with van der Waals surface area (Å²) in [6.45, 7) is 2.39. The van der Waals surface area contributed by atoms with E-state index in [1.807, 2.05) is 0 Å². The van der Waals surface area contributed by atoms with Gasteiger partial charge in [0.2, 0.25) is 10.0 Å². The van der Waals surface area contributed by atoms with Crippen molar-refractivity contribution in [1.29, 1.82) is 0 Å². The number of thiophene rings is 1. The van der Waals surface area contributed by atoms with E-state index in [-0.39, 0.29) is 22.2 Å². The molecule has 0 unspecified atom stereocenters. The van der Waals surface area contributed by atoms with E-state index in [1.54, 1.807) is 56.3 Å². The zero-order valence-electron chi connectivity index (χ0n) is 22.8. The first-order chi connectivity index (χ1) is 19.9. The molecule has 0 saturated heterocycles. The SMILES string of the molecule is CC(C)(c1cc(Cl)cc(N=C(N)c2cc3cc(NS(C)(=O)=O)ccc3s2)c1)c1cc(OCC(F)F)cc(OC(F)(F)F)c1. The highest BCUT2D eigenvalue weighted by Gasteiger charge is 2.33. The molecule has 4 aromatic rings. The molecular weight excluding hydrogens is 637 g/mol. The van der Waals surface area contributed by atoms with Gasteiger partial charge in [-0.25, -0.2) is 22.2 Å². The Morgan fingerprint density at radius 2 is 1.70 bits per heavy atom. The fraction of sp³-hybridized carbons (Fsp3) is 0.250. The van der Waals surface area contributed by atoms with Crippen molar-refractivity contribution in [3.63, 3.8) is 0 Å². The van der Waals surface area contributed by atoms with Crippen LogP contribution in [-0.2, 0) is 15.4 Å². The molecule has 1 aromatic heterocycles. The van der Waals surface area contributed by atoms with Crippen LogP contribution in [0.3, 0.4) is 0 Å². The van der Waals surface area contributed by atoms with Crippen molar-refractivity contribution in [2.24, 2.45) is 10.7 Å². The van der Waals surface area contributed by atoms with Gasteiger partial charge in [-0.2, -0.15) is 0 Å². The van der Waals surface area contributed by atoms with Crippen LogP contribution in [0, 0.1) is 0 Å². The van der Waals surface area contributed by atoms with Gasteiger partial charge in [-0.15, -0.1) is 24.5 Å². The van der Waals surface area contributed by atoms with Crippen molar-refractivity contribution in [2.75, 3.05) is 17.6 Å². The van der Waals surface area contributed by atoms with Crippen molar-refractivity contribution in [2.45, 2.75) is 32.1 Å². The third-order valence-corrected chi connectivity index (χ3v) is 8.10. The number of anilines is 1. The molecule has 7 nitrogen and oxygen atoms in total. The van der Waals surface area contributed by atoms with Gasteiger partial charge < -0.3 is 15.2 Å². The minimum atomic E-state index is -5.02. The van der Waals surface area contributed by atoms with E-state index >= 15 is 0 Å². The summed E-state index contributed by atoms with van der Waals surface area (Å²) in [5, 5.41) is 1.01. The summed E-state index contributed by atoms with van der Waals surface area (Å²) in [6.07, 6.45) is -6.81. The largest absolute Gasteiger partial charge is 0.573 e. The number of rotatable bonds is 10. The number of ether oxygens (including phenoxy) is 2. The van der Waals surface area contributed by atoms with E-state index in [0.29, 0.717) is 21.8 Å². The number of nitrogens with one attached hydrogen (secondary N) is 1. The van der Waals surface area contributed by atoms with Crippen LogP contribution in [-0.4, -0.2) is 39.9 Å². The average molecular weight is 662 g/mol. The molecule has 3 aromatic carbocycles. The summed E-state index contributed by atoms with van der Waals surface area (Å²) in [7, 11) is -3.46. The van der Waals surface area contributed by atoms with Crippen LogP contribution in [0.2, 0.25) is 5.02 Å². The molecule has 0 amide bonds. The van der Waals surface area contributed by atoms with Crippen molar-refractivity contribution in [3.05, 3.63) is 81.7 Å². The van der Waals surface area contributed by atoms with Gasteiger partial charge in [0.25, 0.3) is 6.43 Å². The van der Waals surface area contributed by atoms with E-state index in [2.05, 4.69) is 14.5 Å². The molecule has 230 valence electrons. The number of hydrogen-bond acceptors (Lipinski definition) is 6.